The van der Waals surface area contributed by atoms with Crippen LogP contribution >= 0.6 is 22.7 Å². The molecule has 0 unspecified atom stereocenters. The lowest BCUT2D eigenvalue weighted by molar-refractivity contribution is 0.105. The van der Waals surface area contributed by atoms with Gasteiger partial charge in [-0.2, -0.15) is 0 Å². The second kappa shape index (κ2) is 6.51. The van der Waals surface area contributed by atoms with Gasteiger partial charge in [0.25, 0.3) is 0 Å². The molecule has 4 heteroatoms. The predicted molar refractivity (Wildman–Crippen MR) is 103 cm³/mol. The minimum atomic E-state index is 0.00283. The summed E-state index contributed by atoms with van der Waals surface area (Å²) in [4.78, 5) is 18.8. The van der Waals surface area contributed by atoms with Crippen LogP contribution in [0.25, 0.3) is 21.9 Å². The minimum absolute atomic E-state index is 0.00283. The predicted octanol–water partition coefficient (Wildman–Crippen LogP) is 5.78. The van der Waals surface area contributed by atoms with Gasteiger partial charge in [-0.05, 0) is 29.7 Å². The van der Waals surface area contributed by atoms with Gasteiger partial charge in [0.2, 0.25) is 0 Å². The average molecular weight is 347 g/mol. The van der Waals surface area contributed by atoms with E-state index in [1.54, 1.807) is 22.7 Å². The number of aromatic nitrogens is 1. The van der Waals surface area contributed by atoms with Crippen LogP contribution in [0.3, 0.4) is 0 Å². The number of ketones is 1. The fourth-order valence-electron chi connectivity index (χ4n) is 2.47. The Morgan fingerprint density at radius 3 is 2.46 bits per heavy atom. The van der Waals surface area contributed by atoms with Crippen LogP contribution in [0.2, 0.25) is 0 Å². The largest absolute Gasteiger partial charge is 0.288 e. The van der Waals surface area contributed by atoms with Crippen molar-refractivity contribution in [2.24, 2.45) is 0 Å². The van der Waals surface area contributed by atoms with Crippen molar-refractivity contribution in [3.8, 4) is 0 Å². The molecule has 0 amide bonds. The highest BCUT2D eigenvalue weighted by Crippen LogP contribution is 2.31. The van der Waals surface area contributed by atoms with Gasteiger partial charge in [0.1, 0.15) is 5.01 Å². The molecule has 116 valence electrons. The van der Waals surface area contributed by atoms with Crippen molar-refractivity contribution >= 4 is 50.3 Å². The molecule has 0 aliphatic heterocycles. The average Bonchev–Trinajstić information content (AvgIpc) is 3.29. The topological polar surface area (TPSA) is 30.0 Å². The Labute approximate surface area is 147 Å². The fourth-order valence-corrected chi connectivity index (χ4v) is 4.11. The van der Waals surface area contributed by atoms with E-state index in [0.29, 0.717) is 11.1 Å². The maximum absolute atomic E-state index is 13.1. The Bertz CT molecular complexity index is 981. The molecule has 0 bridgehead atoms. The van der Waals surface area contributed by atoms with Crippen LogP contribution in [0.4, 0.5) is 0 Å². The van der Waals surface area contributed by atoms with E-state index in [0.717, 1.165) is 20.1 Å². The highest BCUT2D eigenvalue weighted by molar-refractivity contribution is 7.20. The third-order valence-electron chi connectivity index (χ3n) is 3.63. The molecule has 0 fully saturated rings. The lowest BCUT2D eigenvalue weighted by atomic mass is 10.0. The number of thiazole rings is 1. The molecular weight excluding hydrogens is 334 g/mol. The summed E-state index contributed by atoms with van der Waals surface area (Å²) in [6.45, 7) is 0. The van der Waals surface area contributed by atoms with Gasteiger partial charge in [-0.25, -0.2) is 4.98 Å². The Balaban J connectivity index is 1.86. The summed E-state index contributed by atoms with van der Waals surface area (Å²) in [6, 6.07) is 21.3. The van der Waals surface area contributed by atoms with Crippen LogP contribution in [0.1, 0.15) is 20.2 Å². The highest BCUT2D eigenvalue weighted by Gasteiger charge is 2.18. The Hall–Kier alpha value is -2.56. The first-order valence-corrected chi connectivity index (χ1v) is 9.22. The van der Waals surface area contributed by atoms with Gasteiger partial charge >= 0.3 is 0 Å². The first kappa shape index (κ1) is 15.0. The summed E-state index contributed by atoms with van der Waals surface area (Å²) < 4.78 is 1.09. The number of carbonyl (C=O) groups excluding carboxylic acids is 1. The normalized spacial score (nSPS) is 11.8. The number of Topliss-reactive ketones (excluding diaryl/α,β-unsaturated/α-hetero) is 1. The molecule has 0 aliphatic carbocycles. The molecule has 0 N–H and O–H groups in total. The van der Waals surface area contributed by atoms with E-state index in [2.05, 4.69) is 4.98 Å². The summed E-state index contributed by atoms with van der Waals surface area (Å²) >= 11 is 3.17. The van der Waals surface area contributed by atoms with Crippen LogP contribution < -0.4 is 0 Å². The van der Waals surface area contributed by atoms with Crippen molar-refractivity contribution in [2.45, 2.75) is 0 Å². The number of rotatable bonds is 4. The van der Waals surface area contributed by atoms with Crippen molar-refractivity contribution in [1.82, 2.24) is 4.98 Å². The Kier molecular flexibility index (Phi) is 4.07. The number of fused-ring (bicyclic) bond motifs is 1. The van der Waals surface area contributed by atoms with Crippen LogP contribution in [0, 0.1) is 0 Å². The fraction of sp³-hybridized carbons (Fsp3) is 0. The molecule has 2 aromatic heterocycles. The van der Waals surface area contributed by atoms with Gasteiger partial charge in [-0.3, -0.25) is 4.79 Å². The molecule has 4 aromatic rings. The van der Waals surface area contributed by atoms with E-state index in [1.807, 2.05) is 78.2 Å². The molecule has 0 spiro atoms. The van der Waals surface area contributed by atoms with E-state index < -0.39 is 0 Å². The van der Waals surface area contributed by atoms with Crippen molar-refractivity contribution in [3.63, 3.8) is 0 Å². The van der Waals surface area contributed by atoms with E-state index >= 15 is 0 Å². The van der Waals surface area contributed by atoms with Crippen LogP contribution in [-0.4, -0.2) is 10.8 Å². The molecule has 2 aromatic carbocycles. The van der Waals surface area contributed by atoms with Crippen LogP contribution in [0.5, 0.6) is 0 Å². The summed E-state index contributed by atoms with van der Waals surface area (Å²) in [6.07, 6.45) is 1.94. The number of allylic oxidation sites excluding steroid dienone is 1. The van der Waals surface area contributed by atoms with Crippen molar-refractivity contribution in [3.05, 3.63) is 87.6 Å². The maximum Gasteiger partial charge on any atom is 0.196 e. The first-order chi connectivity index (χ1) is 11.8. The van der Waals surface area contributed by atoms with Gasteiger partial charge in [0, 0.05) is 10.4 Å². The molecular formula is C20H13NOS2. The van der Waals surface area contributed by atoms with Crippen molar-refractivity contribution < 1.29 is 4.79 Å². The van der Waals surface area contributed by atoms with Gasteiger partial charge < -0.3 is 0 Å². The Morgan fingerprint density at radius 1 is 0.917 bits per heavy atom. The second-order valence-corrected chi connectivity index (χ2v) is 7.27. The number of hydrogen-bond donors (Lipinski definition) is 0. The minimum Gasteiger partial charge on any atom is -0.288 e. The zero-order chi connectivity index (χ0) is 16.4. The van der Waals surface area contributed by atoms with Gasteiger partial charge in [0.15, 0.2) is 5.78 Å². The zero-order valence-electron chi connectivity index (χ0n) is 12.7. The molecule has 2 nitrogen and oxygen atoms in total. The summed E-state index contributed by atoms with van der Waals surface area (Å²) in [7, 11) is 0. The SMILES string of the molecule is O=C(C(=Cc1cccs1)c1nc2ccccc2s1)c1ccccc1. The third-order valence-corrected chi connectivity index (χ3v) is 5.52. The van der Waals surface area contributed by atoms with Gasteiger partial charge in [-0.15, -0.1) is 22.7 Å². The molecule has 0 saturated heterocycles. The standard InChI is InChI=1S/C20H13NOS2/c22-19(14-7-2-1-3-8-14)16(13-15-9-6-12-23-15)20-21-17-10-4-5-11-18(17)24-20/h1-13H. The van der Waals surface area contributed by atoms with E-state index in [1.165, 1.54) is 0 Å². The number of para-hydroxylation sites is 1. The number of hydrogen-bond acceptors (Lipinski definition) is 4. The number of benzene rings is 2. The van der Waals surface area contributed by atoms with Gasteiger partial charge in [0.05, 0.1) is 15.8 Å². The molecule has 2 heterocycles. The van der Waals surface area contributed by atoms with E-state index in [9.17, 15) is 4.79 Å². The Morgan fingerprint density at radius 2 is 1.71 bits per heavy atom. The molecule has 0 atom stereocenters. The summed E-state index contributed by atoms with van der Waals surface area (Å²) in [5.74, 6) is 0.00283. The zero-order valence-corrected chi connectivity index (χ0v) is 14.3. The maximum atomic E-state index is 13.1. The van der Waals surface area contributed by atoms with Crippen LogP contribution in [0.15, 0.2) is 72.1 Å². The molecule has 4 rings (SSSR count). The number of carbonyl (C=O) groups is 1. The van der Waals surface area contributed by atoms with Crippen molar-refractivity contribution in [2.75, 3.05) is 0 Å². The quantitative estimate of drug-likeness (QED) is 0.346. The first-order valence-electron chi connectivity index (χ1n) is 7.52. The summed E-state index contributed by atoms with van der Waals surface area (Å²) in [5, 5.41) is 2.77. The van der Waals surface area contributed by atoms with E-state index in [4.69, 9.17) is 0 Å². The second-order valence-electron chi connectivity index (χ2n) is 5.26. The smallest absolute Gasteiger partial charge is 0.196 e. The lowest BCUT2D eigenvalue weighted by Gasteiger charge is -2.03. The molecule has 0 aliphatic rings. The number of thiophene rings is 1. The molecule has 0 saturated carbocycles. The molecule has 0 radical (unpaired) electrons. The molecule has 24 heavy (non-hydrogen) atoms. The number of nitrogens with zero attached hydrogens (tertiary/aromatic N) is 1. The van der Waals surface area contributed by atoms with E-state index in [-0.39, 0.29) is 5.78 Å². The van der Waals surface area contributed by atoms with Gasteiger partial charge in [-0.1, -0.05) is 48.5 Å². The highest BCUT2D eigenvalue weighted by atomic mass is 32.1. The monoisotopic (exact) mass is 347 g/mol. The van der Waals surface area contributed by atoms with Crippen molar-refractivity contribution in [1.29, 1.82) is 0 Å². The van der Waals surface area contributed by atoms with Crippen LogP contribution in [-0.2, 0) is 0 Å². The third kappa shape index (κ3) is 2.94. The lowest BCUT2D eigenvalue weighted by Crippen LogP contribution is -2.02. The summed E-state index contributed by atoms with van der Waals surface area (Å²) in [5.41, 5.74) is 2.25.